The highest BCUT2D eigenvalue weighted by molar-refractivity contribution is 5.94. The van der Waals surface area contributed by atoms with Crippen LogP contribution < -0.4 is 5.32 Å². The van der Waals surface area contributed by atoms with Gasteiger partial charge in [0.1, 0.15) is 6.10 Å². The lowest BCUT2D eigenvalue weighted by atomic mass is 9.87. The first-order valence-electron chi connectivity index (χ1n) is 7.58. The predicted octanol–water partition coefficient (Wildman–Crippen LogP) is 2.55. The van der Waals surface area contributed by atoms with Gasteiger partial charge in [-0.2, -0.15) is 0 Å². The molecule has 1 heterocycles. The molecule has 1 aromatic rings. The number of carbonyl (C=O) groups is 2. The zero-order valence-electron chi connectivity index (χ0n) is 13.7. The van der Waals surface area contributed by atoms with Gasteiger partial charge in [0, 0.05) is 25.6 Å². The fourth-order valence-electron chi connectivity index (χ4n) is 2.37. The molecule has 2 amide bonds. The summed E-state index contributed by atoms with van der Waals surface area (Å²) in [7, 11) is 1.71. The van der Waals surface area contributed by atoms with E-state index in [1.165, 1.54) is 10.5 Å². The number of hydrogen-bond donors (Lipinski definition) is 1. The SMILES string of the molecule is CN1CC(CCNC(=O)c2ccc(C(C)(C)C)cc2)OC1=O. The molecule has 1 aromatic carbocycles. The molecule has 0 aromatic heterocycles. The van der Waals surface area contributed by atoms with Gasteiger partial charge in [-0.15, -0.1) is 0 Å². The lowest BCUT2D eigenvalue weighted by Crippen LogP contribution is -2.28. The van der Waals surface area contributed by atoms with E-state index in [9.17, 15) is 9.59 Å². The van der Waals surface area contributed by atoms with Crippen LogP contribution in [-0.2, 0) is 10.2 Å². The van der Waals surface area contributed by atoms with Crippen LogP contribution in [0.3, 0.4) is 0 Å². The second-order valence-electron chi connectivity index (χ2n) is 6.76. The molecule has 0 spiro atoms. The van der Waals surface area contributed by atoms with Crippen LogP contribution in [-0.4, -0.2) is 43.1 Å². The second-order valence-corrected chi connectivity index (χ2v) is 6.76. The third-order valence-electron chi connectivity index (χ3n) is 3.82. The summed E-state index contributed by atoms with van der Waals surface area (Å²) in [4.78, 5) is 24.9. The molecule has 22 heavy (non-hydrogen) atoms. The smallest absolute Gasteiger partial charge is 0.409 e. The van der Waals surface area contributed by atoms with Gasteiger partial charge in [0.2, 0.25) is 0 Å². The zero-order chi connectivity index (χ0) is 16.3. The van der Waals surface area contributed by atoms with Gasteiger partial charge >= 0.3 is 6.09 Å². The van der Waals surface area contributed by atoms with E-state index in [0.29, 0.717) is 25.1 Å². The summed E-state index contributed by atoms with van der Waals surface area (Å²) in [5.41, 5.74) is 1.92. The molecule has 1 N–H and O–H groups in total. The average Bonchev–Trinajstić information content (AvgIpc) is 2.77. The molecule has 1 unspecified atom stereocenters. The van der Waals surface area contributed by atoms with Crippen molar-refractivity contribution in [3.05, 3.63) is 35.4 Å². The van der Waals surface area contributed by atoms with Crippen molar-refractivity contribution in [2.75, 3.05) is 20.1 Å². The highest BCUT2D eigenvalue weighted by atomic mass is 16.6. The molecule has 0 aliphatic carbocycles. The van der Waals surface area contributed by atoms with Gasteiger partial charge in [0.25, 0.3) is 5.91 Å². The van der Waals surface area contributed by atoms with Crippen molar-refractivity contribution >= 4 is 12.0 Å². The van der Waals surface area contributed by atoms with E-state index < -0.39 is 0 Å². The van der Waals surface area contributed by atoms with E-state index in [1.54, 1.807) is 7.05 Å². The number of nitrogens with zero attached hydrogens (tertiary/aromatic N) is 1. The Morgan fingerprint density at radius 2 is 1.95 bits per heavy atom. The summed E-state index contributed by atoms with van der Waals surface area (Å²) < 4.78 is 5.15. The molecule has 0 bridgehead atoms. The molecular weight excluding hydrogens is 280 g/mol. The van der Waals surface area contributed by atoms with Gasteiger partial charge in [-0.25, -0.2) is 4.79 Å². The molecule has 0 radical (unpaired) electrons. The number of hydrogen-bond acceptors (Lipinski definition) is 3. The molecule has 120 valence electrons. The van der Waals surface area contributed by atoms with Crippen LogP contribution in [0, 0.1) is 0 Å². The van der Waals surface area contributed by atoms with Crippen molar-refractivity contribution in [1.29, 1.82) is 0 Å². The van der Waals surface area contributed by atoms with Gasteiger partial charge < -0.3 is 15.0 Å². The first-order chi connectivity index (χ1) is 10.3. The Morgan fingerprint density at radius 3 is 2.45 bits per heavy atom. The van der Waals surface area contributed by atoms with Gasteiger partial charge in [-0.05, 0) is 23.1 Å². The molecule has 1 atom stereocenters. The number of nitrogens with one attached hydrogen (secondary N) is 1. The highest BCUT2D eigenvalue weighted by Crippen LogP contribution is 2.22. The van der Waals surface area contributed by atoms with Crippen molar-refractivity contribution in [2.24, 2.45) is 0 Å². The van der Waals surface area contributed by atoms with Crippen molar-refractivity contribution in [3.8, 4) is 0 Å². The third-order valence-corrected chi connectivity index (χ3v) is 3.82. The Balaban J connectivity index is 1.81. The normalized spacial score (nSPS) is 18.3. The second kappa shape index (κ2) is 6.38. The number of carbonyl (C=O) groups excluding carboxylic acids is 2. The molecule has 1 saturated heterocycles. The number of amides is 2. The van der Waals surface area contributed by atoms with Crippen LogP contribution in [0.15, 0.2) is 24.3 Å². The maximum Gasteiger partial charge on any atom is 0.409 e. The Bertz CT molecular complexity index is 546. The minimum absolute atomic E-state index is 0.0768. The van der Waals surface area contributed by atoms with Crippen LogP contribution >= 0.6 is 0 Å². The Hall–Kier alpha value is -2.04. The maximum absolute atomic E-state index is 12.1. The van der Waals surface area contributed by atoms with Crippen molar-refractivity contribution in [1.82, 2.24) is 10.2 Å². The standard InChI is InChI=1S/C17H24N2O3/c1-17(2,3)13-7-5-12(6-8-13)15(20)18-10-9-14-11-19(4)16(21)22-14/h5-8,14H,9-11H2,1-4H3,(H,18,20). The fraction of sp³-hybridized carbons (Fsp3) is 0.529. The van der Waals surface area contributed by atoms with E-state index >= 15 is 0 Å². The zero-order valence-corrected chi connectivity index (χ0v) is 13.7. The summed E-state index contributed by atoms with van der Waals surface area (Å²) in [5, 5.41) is 2.86. The average molecular weight is 304 g/mol. The highest BCUT2D eigenvalue weighted by Gasteiger charge is 2.27. The van der Waals surface area contributed by atoms with Crippen molar-refractivity contribution in [2.45, 2.75) is 38.7 Å². The lowest BCUT2D eigenvalue weighted by molar-refractivity contribution is 0.0944. The number of likely N-dealkylation sites (N-methyl/N-ethyl adjacent to an activating group) is 1. The summed E-state index contributed by atoms with van der Waals surface area (Å²) in [6, 6.07) is 7.67. The van der Waals surface area contributed by atoms with Gasteiger partial charge in [-0.1, -0.05) is 32.9 Å². The van der Waals surface area contributed by atoms with Crippen LogP contribution in [0.25, 0.3) is 0 Å². The topological polar surface area (TPSA) is 58.6 Å². The number of benzene rings is 1. The molecule has 1 aliphatic rings. The molecule has 1 aliphatic heterocycles. The summed E-state index contributed by atoms with van der Waals surface area (Å²) in [5.74, 6) is -0.0989. The van der Waals surface area contributed by atoms with Gasteiger partial charge in [0.05, 0.1) is 6.54 Å². The van der Waals surface area contributed by atoms with Gasteiger partial charge in [0.15, 0.2) is 0 Å². The van der Waals surface area contributed by atoms with Crippen LogP contribution in [0.1, 0.15) is 43.1 Å². The Morgan fingerprint density at radius 1 is 1.32 bits per heavy atom. The van der Waals surface area contributed by atoms with E-state index in [-0.39, 0.29) is 23.5 Å². The van der Waals surface area contributed by atoms with Crippen molar-refractivity contribution < 1.29 is 14.3 Å². The first kappa shape index (κ1) is 16.3. The lowest BCUT2D eigenvalue weighted by Gasteiger charge is -2.19. The summed E-state index contributed by atoms with van der Waals surface area (Å²) in [6.07, 6.45) is 0.192. The molecule has 2 rings (SSSR count). The minimum atomic E-state index is -0.297. The largest absolute Gasteiger partial charge is 0.444 e. The van der Waals surface area contributed by atoms with Crippen LogP contribution in [0.4, 0.5) is 4.79 Å². The molecule has 5 heteroatoms. The van der Waals surface area contributed by atoms with E-state index in [1.807, 2.05) is 24.3 Å². The maximum atomic E-state index is 12.1. The van der Waals surface area contributed by atoms with Crippen LogP contribution in [0.2, 0.25) is 0 Å². The van der Waals surface area contributed by atoms with E-state index in [4.69, 9.17) is 4.74 Å². The Labute approximate surface area is 131 Å². The molecular formula is C17H24N2O3. The summed E-state index contributed by atoms with van der Waals surface area (Å²) in [6.45, 7) is 7.49. The molecule has 1 fully saturated rings. The fourth-order valence-corrected chi connectivity index (χ4v) is 2.37. The number of rotatable bonds is 4. The van der Waals surface area contributed by atoms with E-state index in [0.717, 1.165) is 0 Å². The predicted molar refractivity (Wildman–Crippen MR) is 85.0 cm³/mol. The minimum Gasteiger partial charge on any atom is -0.444 e. The van der Waals surface area contributed by atoms with Crippen molar-refractivity contribution in [3.63, 3.8) is 0 Å². The van der Waals surface area contributed by atoms with Gasteiger partial charge in [-0.3, -0.25) is 4.79 Å². The first-order valence-corrected chi connectivity index (χ1v) is 7.58. The van der Waals surface area contributed by atoms with E-state index in [2.05, 4.69) is 26.1 Å². The number of ether oxygens (including phenoxy) is 1. The quantitative estimate of drug-likeness (QED) is 0.930. The monoisotopic (exact) mass is 304 g/mol. The number of cyclic esters (lactones) is 1. The third kappa shape index (κ3) is 4.00. The summed E-state index contributed by atoms with van der Waals surface area (Å²) >= 11 is 0. The molecule has 5 nitrogen and oxygen atoms in total. The Kier molecular flexibility index (Phi) is 4.74. The van der Waals surface area contributed by atoms with Crippen LogP contribution in [0.5, 0.6) is 0 Å². The molecule has 0 saturated carbocycles.